The van der Waals surface area contributed by atoms with Crippen LogP contribution < -0.4 is 10.1 Å². The molecule has 160 valence electrons. The average molecular weight is 460 g/mol. The number of rotatable bonds is 7. The molecule has 4 rings (SSSR count). The number of para-hydroxylation sites is 1. The molecule has 0 saturated carbocycles. The van der Waals surface area contributed by atoms with Crippen LogP contribution in [0.15, 0.2) is 53.2 Å². The number of benzene rings is 1. The zero-order chi connectivity index (χ0) is 22.0. The number of furan rings is 1. The monoisotopic (exact) mass is 459 g/mol. The van der Waals surface area contributed by atoms with E-state index < -0.39 is 5.91 Å². The van der Waals surface area contributed by atoms with Crippen LogP contribution in [0.3, 0.4) is 0 Å². The third kappa shape index (κ3) is 4.76. The van der Waals surface area contributed by atoms with E-state index >= 15 is 0 Å². The molecular formula is C21H19Cl2N5O3. The standard InChI is InChI=1S/C21H19Cl2N5O3/c1-13-20(23)14(2)28(26-13)12-27-10-15(9-24-27)25-21(29)19-8-7-16(31-19)11-30-18-6-4-3-5-17(18)22/h3-10H,11-12H2,1-2H3,(H,25,29). The Morgan fingerprint density at radius 1 is 1.19 bits per heavy atom. The molecule has 3 aromatic heterocycles. The lowest BCUT2D eigenvalue weighted by Gasteiger charge is -2.05. The molecule has 8 nitrogen and oxygen atoms in total. The first-order valence-electron chi connectivity index (χ1n) is 9.40. The summed E-state index contributed by atoms with van der Waals surface area (Å²) in [6, 6.07) is 10.4. The average Bonchev–Trinajstić information content (AvgIpc) is 3.46. The van der Waals surface area contributed by atoms with Crippen molar-refractivity contribution >= 4 is 34.8 Å². The molecule has 0 aliphatic carbocycles. The SMILES string of the molecule is Cc1nn(Cn2cc(NC(=O)c3ccc(COc4ccccc4Cl)o3)cn2)c(C)c1Cl. The number of hydrogen-bond acceptors (Lipinski definition) is 5. The molecule has 4 aromatic rings. The molecule has 3 heterocycles. The van der Waals surface area contributed by atoms with Crippen LogP contribution in [-0.2, 0) is 13.3 Å². The lowest BCUT2D eigenvalue weighted by molar-refractivity contribution is 0.0992. The van der Waals surface area contributed by atoms with Gasteiger partial charge in [0.15, 0.2) is 5.76 Å². The second kappa shape index (κ2) is 8.87. The molecular weight excluding hydrogens is 441 g/mol. The van der Waals surface area contributed by atoms with E-state index in [1.807, 2.05) is 26.0 Å². The second-order valence-corrected chi connectivity index (χ2v) is 7.62. The lowest BCUT2D eigenvalue weighted by Crippen LogP contribution is -2.12. The highest BCUT2D eigenvalue weighted by molar-refractivity contribution is 6.32. The Morgan fingerprint density at radius 2 is 2.00 bits per heavy atom. The van der Waals surface area contributed by atoms with Crippen LogP contribution in [0.2, 0.25) is 10.0 Å². The predicted molar refractivity (Wildman–Crippen MR) is 117 cm³/mol. The highest BCUT2D eigenvalue weighted by Crippen LogP contribution is 2.24. The predicted octanol–water partition coefficient (Wildman–Crippen LogP) is 4.93. The van der Waals surface area contributed by atoms with Crippen LogP contribution in [0.25, 0.3) is 0 Å². The zero-order valence-electron chi connectivity index (χ0n) is 16.8. The maximum atomic E-state index is 12.5. The first kappa shape index (κ1) is 21.0. The number of halogens is 2. The van der Waals surface area contributed by atoms with Crippen LogP contribution in [0.4, 0.5) is 5.69 Å². The van der Waals surface area contributed by atoms with E-state index in [1.54, 1.807) is 46.0 Å². The van der Waals surface area contributed by atoms with Crippen molar-refractivity contribution < 1.29 is 13.9 Å². The van der Waals surface area contributed by atoms with Gasteiger partial charge in [-0.1, -0.05) is 35.3 Å². The summed E-state index contributed by atoms with van der Waals surface area (Å²) in [5, 5.41) is 12.5. The smallest absolute Gasteiger partial charge is 0.291 e. The van der Waals surface area contributed by atoms with Gasteiger partial charge in [0.1, 0.15) is 24.8 Å². The van der Waals surface area contributed by atoms with E-state index in [0.717, 1.165) is 11.4 Å². The molecule has 0 aliphatic heterocycles. The summed E-state index contributed by atoms with van der Waals surface area (Å²) in [7, 11) is 0. The first-order chi connectivity index (χ1) is 14.9. The number of amides is 1. The molecule has 0 unspecified atom stereocenters. The van der Waals surface area contributed by atoms with Gasteiger partial charge in [-0.3, -0.25) is 4.79 Å². The van der Waals surface area contributed by atoms with Gasteiger partial charge >= 0.3 is 0 Å². The third-order valence-electron chi connectivity index (χ3n) is 4.56. The Kier molecular flexibility index (Phi) is 6.01. The van der Waals surface area contributed by atoms with Gasteiger partial charge in [-0.15, -0.1) is 0 Å². The number of hydrogen-bond donors (Lipinski definition) is 1. The van der Waals surface area contributed by atoms with E-state index in [2.05, 4.69) is 15.5 Å². The lowest BCUT2D eigenvalue weighted by atomic mass is 10.3. The number of nitrogens with one attached hydrogen (secondary N) is 1. The van der Waals surface area contributed by atoms with Crippen molar-refractivity contribution in [1.82, 2.24) is 19.6 Å². The van der Waals surface area contributed by atoms with Gasteiger partial charge in [0.25, 0.3) is 5.91 Å². The molecule has 0 saturated heterocycles. The Morgan fingerprint density at radius 3 is 2.74 bits per heavy atom. The number of carbonyl (C=O) groups excluding carboxylic acids is 1. The maximum Gasteiger partial charge on any atom is 0.291 e. The fourth-order valence-corrected chi connectivity index (χ4v) is 3.26. The van der Waals surface area contributed by atoms with Crippen molar-refractivity contribution in [3.63, 3.8) is 0 Å². The summed E-state index contributed by atoms with van der Waals surface area (Å²) in [4.78, 5) is 12.5. The maximum absolute atomic E-state index is 12.5. The largest absolute Gasteiger partial charge is 0.484 e. The number of carbonyl (C=O) groups is 1. The second-order valence-electron chi connectivity index (χ2n) is 6.83. The van der Waals surface area contributed by atoms with E-state index in [0.29, 0.717) is 33.9 Å². The Hall–Kier alpha value is -3.23. The minimum Gasteiger partial charge on any atom is -0.484 e. The van der Waals surface area contributed by atoms with Crippen LogP contribution in [0.1, 0.15) is 27.7 Å². The molecule has 0 spiro atoms. The summed E-state index contributed by atoms with van der Waals surface area (Å²) >= 11 is 12.2. The van der Waals surface area contributed by atoms with Crippen molar-refractivity contribution in [2.45, 2.75) is 27.1 Å². The van der Waals surface area contributed by atoms with Crippen LogP contribution >= 0.6 is 23.2 Å². The Bertz CT molecular complexity index is 1230. The molecule has 1 N–H and O–H groups in total. The fraction of sp³-hybridized carbons (Fsp3) is 0.190. The molecule has 31 heavy (non-hydrogen) atoms. The molecule has 0 fully saturated rings. The molecule has 0 atom stereocenters. The number of nitrogens with zero attached hydrogens (tertiary/aromatic N) is 4. The number of ether oxygens (including phenoxy) is 1. The Labute approximate surface area is 188 Å². The number of aryl methyl sites for hydroxylation is 1. The molecule has 1 amide bonds. The van der Waals surface area contributed by atoms with Gasteiger partial charge in [0.05, 0.1) is 39.5 Å². The van der Waals surface area contributed by atoms with E-state index in [1.165, 1.54) is 0 Å². The molecule has 0 radical (unpaired) electrons. The minimum atomic E-state index is -0.391. The van der Waals surface area contributed by atoms with E-state index in [-0.39, 0.29) is 12.4 Å². The van der Waals surface area contributed by atoms with Gasteiger partial charge in [0, 0.05) is 0 Å². The third-order valence-corrected chi connectivity index (χ3v) is 5.41. The van der Waals surface area contributed by atoms with Gasteiger partial charge in [-0.2, -0.15) is 10.2 Å². The summed E-state index contributed by atoms with van der Waals surface area (Å²) in [6.07, 6.45) is 3.25. The summed E-state index contributed by atoms with van der Waals surface area (Å²) in [6.45, 7) is 4.26. The fourth-order valence-electron chi connectivity index (χ4n) is 2.94. The van der Waals surface area contributed by atoms with Gasteiger partial charge in [0.2, 0.25) is 0 Å². The van der Waals surface area contributed by atoms with Crippen LogP contribution in [0, 0.1) is 13.8 Å². The van der Waals surface area contributed by atoms with Crippen molar-refractivity contribution in [1.29, 1.82) is 0 Å². The topological polar surface area (TPSA) is 87.1 Å². The van der Waals surface area contributed by atoms with E-state index in [9.17, 15) is 4.79 Å². The summed E-state index contributed by atoms with van der Waals surface area (Å²) < 4.78 is 14.6. The van der Waals surface area contributed by atoms with Crippen LogP contribution in [0.5, 0.6) is 5.75 Å². The van der Waals surface area contributed by atoms with Crippen LogP contribution in [-0.4, -0.2) is 25.5 Å². The van der Waals surface area contributed by atoms with E-state index in [4.69, 9.17) is 32.4 Å². The van der Waals surface area contributed by atoms with Crippen molar-refractivity contribution in [2.75, 3.05) is 5.32 Å². The van der Waals surface area contributed by atoms with Crippen molar-refractivity contribution in [2.24, 2.45) is 0 Å². The quantitative estimate of drug-likeness (QED) is 0.423. The summed E-state index contributed by atoms with van der Waals surface area (Å²) in [5.41, 5.74) is 2.14. The number of anilines is 1. The molecule has 0 bridgehead atoms. The Balaban J connectivity index is 1.36. The zero-order valence-corrected chi connectivity index (χ0v) is 18.3. The number of aromatic nitrogens is 4. The van der Waals surface area contributed by atoms with Crippen molar-refractivity contribution in [3.8, 4) is 5.75 Å². The highest BCUT2D eigenvalue weighted by atomic mass is 35.5. The minimum absolute atomic E-state index is 0.153. The highest BCUT2D eigenvalue weighted by Gasteiger charge is 2.14. The molecule has 1 aromatic carbocycles. The van der Waals surface area contributed by atoms with Crippen molar-refractivity contribution in [3.05, 3.63) is 81.7 Å². The molecule has 10 heteroatoms. The summed E-state index contributed by atoms with van der Waals surface area (Å²) in [5.74, 6) is 0.818. The first-order valence-corrected chi connectivity index (χ1v) is 10.2. The van der Waals surface area contributed by atoms with Gasteiger partial charge in [-0.05, 0) is 38.1 Å². The normalized spacial score (nSPS) is 11.0. The molecule has 0 aliphatic rings. The van der Waals surface area contributed by atoms with Gasteiger partial charge in [-0.25, -0.2) is 9.36 Å². The van der Waals surface area contributed by atoms with Gasteiger partial charge < -0.3 is 14.5 Å².